The van der Waals surface area contributed by atoms with Crippen LogP contribution in [0.25, 0.3) is 0 Å². The average Bonchev–Trinajstić information content (AvgIpc) is 2.33. The third-order valence-corrected chi connectivity index (χ3v) is 2.83. The van der Waals surface area contributed by atoms with E-state index in [0.717, 1.165) is 38.4 Å². The number of ether oxygens (including phenoxy) is 2. The molecule has 2 heterocycles. The van der Waals surface area contributed by atoms with Crippen LogP contribution < -0.4 is 0 Å². The molecule has 0 radical (unpaired) electrons. The molecule has 0 N–H and O–H groups in total. The standard InChI is InChI=1S/C11H15ClN2O2/c12-11-2-1-10(13-14-11)8-16-7-9-3-5-15-6-4-9/h1-2,9H,3-8H2. The van der Waals surface area contributed by atoms with Gasteiger partial charge >= 0.3 is 0 Å². The summed E-state index contributed by atoms with van der Waals surface area (Å²) in [5, 5.41) is 8.10. The van der Waals surface area contributed by atoms with Gasteiger partial charge in [-0.3, -0.25) is 0 Å². The van der Waals surface area contributed by atoms with E-state index in [1.54, 1.807) is 6.07 Å². The highest BCUT2D eigenvalue weighted by atomic mass is 35.5. The minimum atomic E-state index is 0.410. The Balaban J connectivity index is 1.69. The van der Waals surface area contributed by atoms with Gasteiger partial charge in [0.05, 0.1) is 18.9 Å². The van der Waals surface area contributed by atoms with Crippen molar-refractivity contribution in [3.63, 3.8) is 0 Å². The lowest BCUT2D eigenvalue weighted by Gasteiger charge is -2.21. The first-order valence-corrected chi connectivity index (χ1v) is 5.86. The summed E-state index contributed by atoms with van der Waals surface area (Å²) < 4.78 is 10.9. The van der Waals surface area contributed by atoms with E-state index in [2.05, 4.69) is 10.2 Å². The number of hydrogen-bond acceptors (Lipinski definition) is 4. The fraction of sp³-hybridized carbons (Fsp3) is 0.636. The highest BCUT2D eigenvalue weighted by Crippen LogP contribution is 2.15. The maximum atomic E-state index is 5.64. The van der Waals surface area contributed by atoms with Gasteiger partial charge < -0.3 is 9.47 Å². The molecule has 2 rings (SSSR count). The molecule has 88 valence electrons. The summed E-state index contributed by atoms with van der Waals surface area (Å²) >= 11 is 5.64. The molecule has 1 aliphatic rings. The van der Waals surface area contributed by atoms with Crippen LogP contribution in [0.1, 0.15) is 18.5 Å². The van der Waals surface area contributed by atoms with Crippen molar-refractivity contribution in [2.45, 2.75) is 19.4 Å². The molecule has 1 fully saturated rings. The Bertz CT molecular complexity index is 312. The van der Waals surface area contributed by atoms with Gasteiger partial charge in [0.1, 0.15) is 0 Å². The van der Waals surface area contributed by atoms with Gasteiger partial charge in [0.15, 0.2) is 5.15 Å². The zero-order chi connectivity index (χ0) is 11.2. The SMILES string of the molecule is Clc1ccc(COCC2CCOCC2)nn1. The van der Waals surface area contributed by atoms with Gasteiger partial charge in [-0.05, 0) is 30.9 Å². The monoisotopic (exact) mass is 242 g/mol. The molecular formula is C11H15ClN2O2. The first-order valence-electron chi connectivity index (χ1n) is 5.48. The quantitative estimate of drug-likeness (QED) is 0.811. The summed E-state index contributed by atoms with van der Waals surface area (Å²) in [7, 11) is 0. The van der Waals surface area contributed by atoms with Crippen LogP contribution in [0.2, 0.25) is 5.15 Å². The molecule has 0 amide bonds. The van der Waals surface area contributed by atoms with Crippen LogP contribution >= 0.6 is 11.6 Å². The molecule has 1 saturated heterocycles. The van der Waals surface area contributed by atoms with Gasteiger partial charge in [0.2, 0.25) is 0 Å². The second-order valence-electron chi connectivity index (χ2n) is 3.92. The summed E-state index contributed by atoms with van der Waals surface area (Å²) in [5.41, 5.74) is 0.816. The van der Waals surface area contributed by atoms with Crippen LogP contribution in [0.4, 0.5) is 0 Å². The van der Waals surface area contributed by atoms with Crippen molar-refractivity contribution < 1.29 is 9.47 Å². The van der Waals surface area contributed by atoms with Gasteiger partial charge in [-0.15, -0.1) is 5.10 Å². The smallest absolute Gasteiger partial charge is 0.151 e. The third kappa shape index (κ3) is 3.70. The van der Waals surface area contributed by atoms with Crippen LogP contribution in [0.3, 0.4) is 0 Å². The van der Waals surface area contributed by atoms with Gasteiger partial charge in [-0.1, -0.05) is 11.6 Å². The molecule has 1 aromatic heterocycles. The van der Waals surface area contributed by atoms with Crippen molar-refractivity contribution >= 4 is 11.6 Å². The minimum Gasteiger partial charge on any atom is -0.381 e. The normalized spacial score (nSPS) is 17.6. The number of aromatic nitrogens is 2. The molecule has 4 nitrogen and oxygen atoms in total. The van der Waals surface area contributed by atoms with E-state index >= 15 is 0 Å². The minimum absolute atomic E-state index is 0.410. The summed E-state index contributed by atoms with van der Waals surface area (Å²) in [5.74, 6) is 0.619. The average molecular weight is 243 g/mol. The fourth-order valence-electron chi connectivity index (χ4n) is 1.66. The van der Waals surface area contributed by atoms with Crippen molar-refractivity contribution in [2.24, 2.45) is 5.92 Å². The first kappa shape index (κ1) is 11.8. The van der Waals surface area contributed by atoms with Crippen molar-refractivity contribution in [3.8, 4) is 0 Å². The van der Waals surface area contributed by atoms with Crippen LogP contribution in [0.5, 0.6) is 0 Å². The Kier molecular flexibility index (Phi) is 4.51. The number of hydrogen-bond donors (Lipinski definition) is 0. The predicted molar refractivity (Wildman–Crippen MR) is 60.2 cm³/mol. The number of rotatable bonds is 4. The second-order valence-corrected chi connectivity index (χ2v) is 4.31. The second kappa shape index (κ2) is 6.13. The highest BCUT2D eigenvalue weighted by Gasteiger charge is 2.13. The first-order chi connectivity index (χ1) is 7.84. The molecule has 1 aromatic rings. The zero-order valence-corrected chi connectivity index (χ0v) is 9.82. The van der Waals surface area contributed by atoms with E-state index in [-0.39, 0.29) is 0 Å². The Morgan fingerprint density at radius 2 is 2.12 bits per heavy atom. The van der Waals surface area contributed by atoms with E-state index < -0.39 is 0 Å². The number of nitrogens with zero attached hydrogens (tertiary/aromatic N) is 2. The van der Waals surface area contributed by atoms with Crippen molar-refractivity contribution in [1.29, 1.82) is 0 Å². The van der Waals surface area contributed by atoms with Gasteiger partial charge in [0, 0.05) is 13.2 Å². The van der Waals surface area contributed by atoms with Gasteiger partial charge in [0.25, 0.3) is 0 Å². The third-order valence-electron chi connectivity index (χ3n) is 2.63. The molecule has 0 atom stereocenters. The molecule has 0 aromatic carbocycles. The molecule has 0 saturated carbocycles. The Labute approximate surface area is 99.9 Å². The molecule has 0 aliphatic carbocycles. The van der Waals surface area contributed by atoms with Crippen molar-refractivity contribution in [2.75, 3.05) is 19.8 Å². The maximum Gasteiger partial charge on any atom is 0.151 e. The van der Waals surface area contributed by atoms with Crippen LogP contribution in [-0.4, -0.2) is 30.0 Å². The van der Waals surface area contributed by atoms with Gasteiger partial charge in [-0.2, -0.15) is 5.10 Å². The van der Waals surface area contributed by atoms with E-state index in [4.69, 9.17) is 21.1 Å². The number of halogens is 1. The Hall–Kier alpha value is -0.710. The van der Waals surface area contributed by atoms with Gasteiger partial charge in [-0.25, -0.2) is 0 Å². The summed E-state index contributed by atoms with van der Waals surface area (Å²) in [6, 6.07) is 3.56. The van der Waals surface area contributed by atoms with Crippen LogP contribution in [0, 0.1) is 5.92 Å². The molecule has 0 bridgehead atoms. The largest absolute Gasteiger partial charge is 0.381 e. The summed E-state index contributed by atoms with van der Waals surface area (Å²) in [4.78, 5) is 0. The lowest BCUT2D eigenvalue weighted by atomic mass is 10.0. The van der Waals surface area contributed by atoms with Crippen LogP contribution in [-0.2, 0) is 16.1 Å². The zero-order valence-electron chi connectivity index (χ0n) is 9.06. The van der Waals surface area contributed by atoms with E-state index in [0.29, 0.717) is 17.7 Å². The lowest BCUT2D eigenvalue weighted by Crippen LogP contribution is -2.20. The highest BCUT2D eigenvalue weighted by molar-refractivity contribution is 6.29. The Morgan fingerprint density at radius 3 is 2.81 bits per heavy atom. The Morgan fingerprint density at radius 1 is 1.31 bits per heavy atom. The van der Waals surface area contributed by atoms with E-state index in [9.17, 15) is 0 Å². The molecule has 5 heteroatoms. The molecule has 0 spiro atoms. The van der Waals surface area contributed by atoms with E-state index in [1.165, 1.54) is 0 Å². The lowest BCUT2D eigenvalue weighted by molar-refractivity contribution is 0.0149. The summed E-state index contributed by atoms with van der Waals surface area (Å²) in [6.45, 7) is 2.98. The molecule has 16 heavy (non-hydrogen) atoms. The maximum absolute atomic E-state index is 5.64. The topological polar surface area (TPSA) is 44.2 Å². The molecular weight excluding hydrogens is 228 g/mol. The van der Waals surface area contributed by atoms with E-state index in [1.807, 2.05) is 6.07 Å². The van der Waals surface area contributed by atoms with Crippen molar-refractivity contribution in [3.05, 3.63) is 23.0 Å². The molecule has 0 unspecified atom stereocenters. The van der Waals surface area contributed by atoms with Crippen LogP contribution in [0.15, 0.2) is 12.1 Å². The summed E-state index contributed by atoms with van der Waals surface area (Å²) in [6.07, 6.45) is 2.18. The predicted octanol–water partition coefficient (Wildman–Crippen LogP) is 2.07. The molecule has 1 aliphatic heterocycles. The fourth-order valence-corrected chi connectivity index (χ4v) is 1.76. The van der Waals surface area contributed by atoms with Crippen molar-refractivity contribution in [1.82, 2.24) is 10.2 Å².